The minimum atomic E-state index is -0.134. The summed E-state index contributed by atoms with van der Waals surface area (Å²) in [6.45, 7) is 0.440. The van der Waals surface area contributed by atoms with Gasteiger partial charge in [-0.15, -0.1) is 0 Å². The zero-order chi connectivity index (χ0) is 13.8. The van der Waals surface area contributed by atoms with Gasteiger partial charge in [0.1, 0.15) is 11.9 Å². The molecule has 1 atom stereocenters. The number of ether oxygens (including phenoxy) is 1. The first-order valence-electron chi connectivity index (χ1n) is 6.63. The van der Waals surface area contributed by atoms with E-state index in [0.29, 0.717) is 6.54 Å². The van der Waals surface area contributed by atoms with Crippen LogP contribution in [0.15, 0.2) is 66.9 Å². The smallest absolute Gasteiger partial charge is 0.136 e. The van der Waals surface area contributed by atoms with Gasteiger partial charge in [-0.1, -0.05) is 36.4 Å². The van der Waals surface area contributed by atoms with Crippen molar-refractivity contribution in [3.8, 4) is 5.75 Å². The zero-order valence-electron chi connectivity index (χ0n) is 11.1. The van der Waals surface area contributed by atoms with Gasteiger partial charge in [-0.05, 0) is 29.8 Å². The molecule has 0 aliphatic heterocycles. The normalized spacial score (nSPS) is 12.2. The standard InChI is InChI=1S/C17H16N2O/c18-12-17(13-5-2-1-3-6-13)20-15-8-9-16-14(11-15)7-4-10-19-16/h1-11,17H,12,18H2. The second kappa shape index (κ2) is 5.72. The maximum Gasteiger partial charge on any atom is 0.136 e. The van der Waals surface area contributed by atoms with Gasteiger partial charge < -0.3 is 10.5 Å². The fraction of sp³-hybridized carbons (Fsp3) is 0.118. The van der Waals surface area contributed by atoms with Gasteiger partial charge >= 0.3 is 0 Å². The molecule has 20 heavy (non-hydrogen) atoms. The van der Waals surface area contributed by atoms with Crippen molar-refractivity contribution in [3.05, 3.63) is 72.4 Å². The molecule has 0 aliphatic carbocycles. The van der Waals surface area contributed by atoms with Crippen LogP contribution in [0, 0.1) is 0 Å². The molecule has 100 valence electrons. The van der Waals surface area contributed by atoms with Crippen LogP contribution in [0.2, 0.25) is 0 Å². The Morgan fingerprint density at radius 1 is 1.00 bits per heavy atom. The van der Waals surface area contributed by atoms with Crippen LogP contribution in [-0.4, -0.2) is 11.5 Å². The van der Waals surface area contributed by atoms with Crippen LogP contribution < -0.4 is 10.5 Å². The number of hydrogen-bond donors (Lipinski definition) is 1. The lowest BCUT2D eigenvalue weighted by Gasteiger charge is -2.18. The van der Waals surface area contributed by atoms with Crippen LogP contribution in [0.3, 0.4) is 0 Å². The quantitative estimate of drug-likeness (QED) is 0.786. The Morgan fingerprint density at radius 3 is 2.65 bits per heavy atom. The molecular weight excluding hydrogens is 248 g/mol. The molecule has 1 aromatic heterocycles. The maximum absolute atomic E-state index is 6.01. The maximum atomic E-state index is 6.01. The SMILES string of the molecule is NCC(Oc1ccc2ncccc2c1)c1ccccc1. The van der Waals surface area contributed by atoms with Gasteiger partial charge in [0.25, 0.3) is 0 Å². The summed E-state index contributed by atoms with van der Waals surface area (Å²) in [7, 11) is 0. The molecule has 0 fully saturated rings. The Hall–Kier alpha value is -2.39. The second-order valence-corrected chi connectivity index (χ2v) is 4.61. The van der Waals surface area contributed by atoms with Gasteiger partial charge in [-0.2, -0.15) is 0 Å². The number of rotatable bonds is 4. The van der Waals surface area contributed by atoms with E-state index < -0.39 is 0 Å². The predicted molar refractivity (Wildman–Crippen MR) is 80.6 cm³/mol. The fourth-order valence-corrected chi connectivity index (χ4v) is 2.21. The molecule has 3 rings (SSSR count). The molecule has 0 bridgehead atoms. The number of nitrogens with zero attached hydrogens (tertiary/aromatic N) is 1. The first-order valence-corrected chi connectivity index (χ1v) is 6.63. The molecule has 0 aliphatic rings. The van der Waals surface area contributed by atoms with Crippen LogP contribution in [0.25, 0.3) is 10.9 Å². The van der Waals surface area contributed by atoms with E-state index >= 15 is 0 Å². The number of pyridine rings is 1. The first-order chi connectivity index (χ1) is 9.86. The Bertz CT molecular complexity index is 697. The van der Waals surface area contributed by atoms with Gasteiger partial charge in [0.05, 0.1) is 5.52 Å². The largest absolute Gasteiger partial charge is 0.484 e. The van der Waals surface area contributed by atoms with Crippen molar-refractivity contribution in [2.75, 3.05) is 6.54 Å². The van der Waals surface area contributed by atoms with Gasteiger partial charge in [-0.25, -0.2) is 0 Å². The summed E-state index contributed by atoms with van der Waals surface area (Å²) in [5.41, 5.74) is 7.87. The third-order valence-electron chi connectivity index (χ3n) is 3.24. The first kappa shape index (κ1) is 12.6. The van der Waals surface area contributed by atoms with E-state index in [2.05, 4.69) is 4.98 Å². The Morgan fingerprint density at radius 2 is 1.85 bits per heavy atom. The van der Waals surface area contributed by atoms with Crippen LogP contribution in [0.5, 0.6) is 5.75 Å². The lowest BCUT2D eigenvalue weighted by Crippen LogP contribution is -2.18. The minimum absolute atomic E-state index is 0.134. The molecule has 0 spiro atoms. The van der Waals surface area contributed by atoms with E-state index in [1.807, 2.05) is 60.7 Å². The van der Waals surface area contributed by atoms with Gasteiger partial charge in [0.15, 0.2) is 0 Å². The van der Waals surface area contributed by atoms with E-state index in [4.69, 9.17) is 10.5 Å². The highest BCUT2D eigenvalue weighted by Gasteiger charge is 2.11. The summed E-state index contributed by atoms with van der Waals surface area (Å²) < 4.78 is 6.01. The van der Waals surface area contributed by atoms with Gasteiger partial charge in [0.2, 0.25) is 0 Å². The molecule has 3 aromatic rings. The molecule has 0 saturated heterocycles. The minimum Gasteiger partial charge on any atom is -0.484 e. The van der Waals surface area contributed by atoms with E-state index in [1.54, 1.807) is 6.20 Å². The van der Waals surface area contributed by atoms with E-state index in [-0.39, 0.29) is 6.10 Å². The summed E-state index contributed by atoms with van der Waals surface area (Å²) in [6, 6.07) is 19.9. The van der Waals surface area contributed by atoms with Gasteiger partial charge in [0, 0.05) is 18.1 Å². The number of hydrogen-bond acceptors (Lipinski definition) is 3. The molecule has 3 nitrogen and oxygen atoms in total. The highest BCUT2D eigenvalue weighted by Crippen LogP contribution is 2.24. The summed E-state index contributed by atoms with van der Waals surface area (Å²) >= 11 is 0. The van der Waals surface area contributed by atoms with Crippen molar-refractivity contribution in [1.29, 1.82) is 0 Å². The molecule has 2 aromatic carbocycles. The number of benzene rings is 2. The summed E-state index contributed by atoms with van der Waals surface area (Å²) in [6.07, 6.45) is 1.65. The second-order valence-electron chi connectivity index (χ2n) is 4.61. The van der Waals surface area contributed by atoms with E-state index in [0.717, 1.165) is 22.2 Å². The van der Waals surface area contributed by atoms with Crippen molar-refractivity contribution >= 4 is 10.9 Å². The molecule has 0 amide bonds. The van der Waals surface area contributed by atoms with E-state index in [1.165, 1.54) is 0 Å². The molecule has 0 radical (unpaired) electrons. The molecule has 1 unspecified atom stereocenters. The molecular formula is C17H16N2O. The number of nitrogens with two attached hydrogens (primary N) is 1. The summed E-state index contributed by atoms with van der Waals surface area (Å²) in [5.74, 6) is 0.810. The highest BCUT2D eigenvalue weighted by atomic mass is 16.5. The highest BCUT2D eigenvalue weighted by molar-refractivity contribution is 5.79. The van der Waals surface area contributed by atoms with Crippen LogP contribution in [0.4, 0.5) is 0 Å². The van der Waals surface area contributed by atoms with Crippen molar-refractivity contribution in [2.45, 2.75) is 6.10 Å². The van der Waals surface area contributed by atoms with Gasteiger partial charge in [-0.3, -0.25) is 4.98 Å². The van der Waals surface area contributed by atoms with Crippen LogP contribution in [0.1, 0.15) is 11.7 Å². The predicted octanol–water partition coefficient (Wildman–Crippen LogP) is 3.31. The van der Waals surface area contributed by atoms with Crippen molar-refractivity contribution in [1.82, 2.24) is 4.98 Å². The topological polar surface area (TPSA) is 48.1 Å². The zero-order valence-corrected chi connectivity index (χ0v) is 11.1. The Balaban J connectivity index is 1.87. The molecule has 0 saturated carbocycles. The number of aromatic nitrogens is 1. The summed E-state index contributed by atoms with van der Waals surface area (Å²) in [5, 5.41) is 1.06. The molecule has 1 heterocycles. The van der Waals surface area contributed by atoms with E-state index in [9.17, 15) is 0 Å². The number of fused-ring (bicyclic) bond motifs is 1. The Kier molecular flexibility index (Phi) is 3.61. The van der Waals surface area contributed by atoms with Crippen molar-refractivity contribution < 1.29 is 4.74 Å². The third kappa shape index (κ3) is 2.63. The fourth-order valence-electron chi connectivity index (χ4n) is 2.21. The van der Waals surface area contributed by atoms with Crippen molar-refractivity contribution in [3.63, 3.8) is 0 Å². The van der Waals surface area contributed by atoms with Crippen LogP contribution in [-0.2, 0) is 0 Å². The summed E-state index contributed by atoms with van der Waals surface area (Å²) in [4.78, 5) is 4.30. The third-order valence-corrected chi connectivity index (χ3v) is 3.24. The van der Waals surface area contributed by atoms with Crippen molar-refractivity contribution in [2.24, 2.45) is 5.73 Å². The Labute approximate surface area is 118 Å². The monoisotopic (exact) mass is 264 g/mol. The lowest BCUT2D eigenvalue weighted by molar-refractivity contribution is 0.214. The van der Waals surface area contributed by atoms with Crippen LogP contribution >= 0.6 is 0 Å². The average molecular weight is 264 g/mol. The molecule has 2 N–H and O–H groups in total. The average Bonchev–Trinajstić information content (AvgIpc) is 2.53. The lowest BCUT2D eigenvalue weighted by atomic mass is 10.1. The molecule has 3 heteroatoms.